The second-order valence-electron chi connectivity index (χ2n) is 7.12. The van der Waals surface area contributed by atoms with Gasteiger partial charge in [-0.1, -0.05) is 35.3 Å². The molecule has 7 nitrogen and oxygen atoms in total. The summed E-state index contributed by atoms with van der Waals surface area (Å²) >= 11 is 11.9. The predicted molar refractivity (Wildman–Crippen MR) is 121 cm³/mol. The maximum atomic E-state index is 13.7. The molecule has 1 unspecified atom stereocenters. The molecule has 3 aromatic carbocycles. The molecule has 1 saturated heterocycles. The first-order chi connectivity index (χ1) is 15.7. The highest BCUT2D eigenvalue weighted by Crippen LogP contribution is 2.43. The van der Waals surface area contributed by atoms with Crippen molar-refractivity contribution in [2.24, 2.45) is 0 Å². The van der Waals surface area contributed by atoms with Gasteiger partial charge in [-0.3, -0.25) is 24.6 Å². The Kier molecular flexibility index (Phi) is 5.88. The van der Waals surface area contributed by atoms with Crippen LogP contribution in [-0.4, -0.2) is 21.7 Å². The van der Waals surface area contributed by atoms with Crippen molar-refractivity contribution in [3.8, 4) is 0 Å². The molecule has 1 aliphatic heterocycles. The number of nitro groups is 1. The maximum absolute atomic E-state index is 13.7. The van der Waals surface area contributed by atoms with Crippen LogP contribution in [0, 0.1) is 15.9 Å². The van der Waals surface area contributed by atoms with E-state index in [9.17, 15) is 29.2 Å². The topological polar surface area (TPSA) is 101 Å². The fourth-order valence-electron chi connectivity index (χ4n) is 3.59. The number of nitro benzene ring substituents is 1. The van der Waals surface area contributed by atoms with Gasteiger partial charge < -0.3 is 5.11 Å². The van der Waals surface area contributed by atoms with E-state index in [-0.39, 0.29) is 27.5 Å². The Morgan fingerprint density at radius 2 is 1.64 bits per heavy atom. The van der Waals surface area contributed by atoms with Gasteiger partial charge in [0.25, 0.3) is 17.4 Å². The van der Waals surface area contributed by atoms with Crippen LogP contribution >= 0.6 is 23.2 Å². The SMILES string of the molecule is O=C1C(=O)N(c2ccc(F)c(Cl)c2)C(c2ccc(Cl)cc2)/C1=C(\O)c1ccc([N+](=O)[O-])cc1. The van der Waals surface area contributed by atoms with Crippen molar-refractivity contribution in [3.05, 3.63) is 109 Å². The number of Topliss-reactive ketones (excluding diaryl/α,β-unsaturated/α-hetero) is 1. The number of benzene rings is 3. The van der Waals surface area contributed by atoms with E-state index >= 15 is 0 Å². The van der Waals surface area contributed by atoms with Crippen molar-refractivity contribution in [2.45, 2.75) is 6.04 Å². The molecule has 1 amide bonds. The van der Waals surface area contributed by atoms with Crippen LogP contribution < -0.4 is 4.90 Å². The number of halogens is 3. The van der Waals surface area contributed by atoms with Crippen molar-refractivity contribution in [1.82, 2.24) is 0 Å². The van der Waals surface area contributed by atoms with Gasteiger partial charge in [-0.2, -0.15) is 0 Å². The van der Waals surface area contributed by atoms with Crippen molar-refractivity contribution in [1.29, 1.82) is 0 Å². The molecule has 1 N–H and O–H groups in total. The standard InChI is InChI=1S/C23H13Cl2FN2O5/c24-14-5-1-12(2-6-14)20-19(21(29)13-3-7-15(8-4-13)28(32)33)22(30)23(31)27(20)16-9-10-18(26)17(25)11-16/h1-11,20,29H/b21-19+. The Labute approximate surface area is 196 Å². The van der Waals surface area contributed by atoms with Gasteiger partial charge in [-0.15, -0.1) is 0 Å². The number of rotatable bonds is 4. The van der Waals surface area contributed by atoms with Crippen LogP contribution in [0.5, 0.6) is 0 Å². The first-order valence-electron chi connectivity index (χ1n) is 9.45. The minimum absolute atomic E-state index is 0.106. The molecule has 33 heavy (non-hydrogen) atoms. The van der Waals surface area contributed by atoms with Gasteiger partial charge in [0.15, 0.2) is 0 Å². The third-order valence-corrected chi connectivity index (χ3v) is 5.70. The van der Waals surface area contributed by atoms with Crippen molar-refractivity contribution < 1.29 is 24.0 Å². The molecule has 10 heteroatoms. The summed E-state index contributed by atoms with van der Waals surface area (Å²) in [6.07, 6.45) is 0. The quantitative estimate of drug-likeness (QED) is 0.168. The Morgan fingerprint density at radius 3 is 2.21 bits per heavy atom. The summed E-state index contributed by atoms with van der Waals surface area (Å²) in [7, 11) is 0. The zero-order valence-corrected chi connectivity index (χ0v) is 18.0. The molecule has 1 heterocycles. The van der Waals surface area contributed by atoms with Gasteiger partial charge in [0.2, 0.25) is 0 Å². The van der Waals surface area contributed by atoms with Gasteiger partial charge in [0, 0.05) is 28.4 Å². The summed E-state index contributed by atoms with van der Waals surface area (Å²) < 4.78 is 13.7. The summed E-state index contributed by atoms with van der Waals surface area (Å²) in [5.74, 6) is -3.16. The minimum atomic E-state index is -1.08. The van der Waals surface area contributed by atoms with Crippen LogP contribution in [0.1, 0.15) is 17.2 Å². The molecule has 0 radical (unpaired) electrons. The number of non-ortho nitro benzene ring substituents is 1. The van der Waals surface area contributed by atoms with Gasteiger partial charge >= 0.3 is 0 Å². The van der Waals surface area contributed by atoms with Gasteiger partial charge in [-0.05, 0) is 48.0 Å². The number of anilines is 1. The molecule has 1 aliphatic rings. The molecule has 4 rings (SSSR count). The van der Waals surface area contributed by atoms with E-state index in [0.717, 1.165) is 11.0 Å². The zero-order valence-electron chi connectivity index (χ0n) is 16.5. The summed E-state index contributed by atoms with van der Waals surface area (Å²) in [6, 6.07) is 13.6. The number of ketones is 1. The molecular weight excluding hydrogens is 474 g/mol. The van der Waals surface area contributed by atoms with E-state index in [4.69, 9.17) is 23.2 Å². The largest absolute Gasteiger partial charge is 0.507 e. The Morgan fingerprint density at radius 1 is 1.00 bits per heavy atom. The molecule has 1 fully saturated rings. The number of hydrogen-bond donors (Lipinski definition) is 1. The molecule has 1 atom stereocenters. The van der Waals surface area contributed by atoms with E-state index in [1.54, 1.807) is 24.3 Å². The van der Waals surface area contributed by atoms with Crippen molar-refractivity contribution >= 4 is 52.0 Å². The molecule has 0 saturated carbocycles. The lowest BCUT2D eigenvalue weighted by Crippen LogP contribution is -2.29. The average Bonchev–Trinajstić information content (AvgIpc) is 3.06. The van der Waals surface area contributed by atoms with E-state index in [1.807, 2.05) is 0 Å². The molecule has 3 aromatic rings. The number of hydrogen-bond acceptors (Lipinski definition) is 5. The smallest absolute Gasteiger partial charge is 0.300 e. The molecule has 0 aromatic heterocycles. The fraction of sp³-hybridized carbons (Fsp3) is 0.0435. The van der Waals surface area contributed by atoms with E-state index in [1.165, 1.54) is 36.4 Å². The third-order valence-electron chi connectivity index (χ3n) is 5.16. The molecule has 0 aliphatic carbocycles. The first-order valence-corrected chi connectivity index (χ1v) is 10.2. The van der Waals surface area contributed by atoms with Gasteiger partial charge in [0.05, 0.1) is 21.6 Å². The fourth-order valence-corrected chi connectivity index (χ4v) is 3.89. The van der Waals surface area contributed by atoms with Crippen LogP contribution in [-0.2, 0) is 9.59 Å². The summed E-state index contributed by atoms with van der Waals surface area (Å²) in [5, 5.41) is 22.1. The monoisotopic (exact) mass is 486 g/mol. The zero-order chi connectivity index (χ0) is 23.9. The lowest BCUT2D eigenvalue weighted by atomic mass is 9.95. The molecular formula is C23H13Cl2FN2O5. The van der Waals surface area contributed by atoms with Gasteiger partial charge in [-0.25, -0.2) is 4.39 Å². The summed E-state index contributed by atoms with van der Waals surface area (Å²) in [6.45, 7) is 0. The van der Waals surface area contributed by atoms with Crippen LogP contribution in [0.25, 0.3) is 5.76 Å². The number of carbonyl (C=O) groups excluding carboxylic acids is 2. The predicted octanol–water partition coefficient (Wildman–Crippen LogP) is 5.67. The second kappa shape index (κ2) is 8.65. The minimum Gasteiger partial charge on any atom is -0.507 e. The molecule has 166 valence electrons. The highest BCUT2D eigenvalue weighted by atomic mass is 35.5. The lowest BCUT2D eigenvalue weighted by molar-refractivity contribution is -0.384. The number of nitrogens with zero attached hydrogens (tertiary/aromatic N) is 2. The average molecular weight is 487 g/mol. The van der Waals surface area contributed by atoms with Crippen LogP contribution in [0.15, 0.2) is 72.3 Å². The number of amides is 1. The Hall–Kier alpha value is -3.75. The van der Waals surface area contributed by atoms with Crippen LogP contribution in [0.4, 0.5) is 15.8 Å². The Balaban J connectivity index is 1.92. The highest BCUT2D eigenvalue weighted by molar-refractivity contribution is 6.51. The summed E-state index contributed by atoms with van der Waals surface area (Å²) in [4.78, 5) is 37.5. The Bertz CT molecular complexity index is 1320. The van der Waals surface area contributed by atoms with Crippen LogP contribution in [0.2, 0.25) is 10.0 Å². The third kappa shape index (κ3) is 4.06. The normalized spacial score (nSPS) is 17.4. The molecule has 0 spiro atoms. The number of aliphatic hydroxyl groups excluding tert-OH is 1. The van der Waals surface area contributed by atoms with Crippen molar-refractivity contribution in [2.75, 3.05) is 4.90 Å². The lowest BCUT2D eigenvalue weighted by Gasteiger charge is -2.25. The first kappa shape index (κ1) is 22.4. The van der Waals surface area contributed by atoms with E-state index < -0.39 is 34.2 Å². The summed E-state index contributed by atoms with van der Waals surface area (Å²) in [5.41, 5.74) is 0.252. The van der Waals surface area contributed by atoms with Gasteiger partial charge in [0.1, 0.15) is 11.6 Å². The van der Waals surface area contributed by atoms with Crippen molar-refractivity contribution in [3.63, 3.8) is 0 Å². The molecule has 0 bridgehead atoms. The van der Waals surface area contributed by atoms with Crippen LogP contribution in [0.3, 0.4) is 0 Å². The number of carbonyl (C=O) groups is 2. The van der Waals surface area contributed by atoms with E-state index in [2.05, 4.69) is 0 Å². The highest BCUT2D eigenvalue weighted by Gasteiger charge is 2.47. The maximum Gasteiger partial charge on any atom is 0.300 e. The van der Waals surface area contributed by atoms with E-state index in [0.29, 0.717) is 10.6 Å². The second-order valence-corrected chi connectivity index (χ2v) is 7.97. The number of aliphatic hydroxyl groups is 1.